The number of thiazole rings is 1. The first-order chi connectivity index (χ1) is 14.9. The number of nitro groups is 1. The third kappa shape index (κ3) is 3.43. The Bertz CT molecular complexity index is 1500. The van der Waals surface area contributed by atoms with Crippen molar-refractivity contribution in [3.8, 4) is 5.13 Å². The zero-order valence-electron chi connectivity index (χ0n) is 15.8. The highest BCUT2D eigenvalue weighted by molar-refractivity contribution is 7.21. The van der Waals surface area contributed by atoms with Crippen LogP contribution in [0.25, 0.3) is 25.4 Å². The van der Waals surface area contributed by atoms with E-state index in [9.17, 15) is 19.3 Å². The molecule has 0 saturated heterocycles. The summed E-state index contributed by atoms with van der Waals surface area (Å²) in [7, 11) is 0. The van der Waals surface area contributed by atoms with Crippen LogP contribution < -0.4 is 5.32 Å². The Hall–Kier alpha value is -3.70. The number of aromatic nitrogens is 3. The van der Waals surface area contributed by atoms with Gasteiger partial charge in [0.15, 0.2) is 0 Å². The molecule has 0 spiro atoms. The number of para-hydroxylation sites is 1. The smallest absolute Gasteiger partial charge is 0.270 e. The summed E-state index contributed by atoms with van der Waals surface area (Å²) >= 11 is 2.49. The number of anilines is 1. The molecular formula is C20H12FN5O3S2. The maximum Gasteiger partial charge on any atom is 0.270 e. The molecule has 0 bridgehead atoms. The molecule has 154 valence electrons. The molecule has 11 heteroatoms. The van der Waals surface area contributed by atoms with Gasteiger partial charge in [0.25, 0.3) is 11.6 Å². The summed E-state index contributed by atoms with van der Waals surface area (Å²) in [6.07, 6.45) is 0. The summed E-state index contributed by atoms with van der Waals surface area (Å²) < 4.78 is 16.9. The van der Waals surface area contributed by atoms with E-state index in [4.69, 9.17) is 0 Å². The van der Waals surface area contributed by atoms with Crippen molar-refractivity contribution in [3.63, 3.8) is 0 Å². The molecule has 2 aromatic carbocycles. The fourth-order valence-corrected chi connectivity index (χ4v) is 5.05. The van der Waals surface area contributed by atoms with Gasteiger partial charge < -0.3 is 5.32 Å². The molecule has 3 heterocycles. The first kappa shape index (κ1) is 19.3. The fourth-order valence-electron chi connectivity index (χ4n) is 3.16. The van der Waals surface area contributed by atoms with Crippen LogP contribution in [-0.2, 0) is 0 Å². The van der Waals surface area contributed by atoms with E-state index < -0.39 is 10.7 Å². The van der Waals surface area contributed by atoms with Crippen molar-refractivity contribution in [1.82, 2.24) is 14.8 Å². The number of carbonyl (C=O) groups is 1. The van der Waals surface area contributed by atoms with Crippen molar-refractivity contribution >= 4 is 60.4 Å². The average molecular weight is 453 g/mol. The highest BCUT2D eigenvalue weighted by Crippen LogP contribution is 2.31. The van der Waals surface area contributed by atoms with Gasteiger partial charge in [-0.15, -0.1) is 11.3 Å². The van der Waals surface area contributed by atoms with Gasteiger partial charge in [0.2, 0.25) is 5.13 Å². The Morgan fingerprint density at radius 1 is 1.16 bits per heavy atom. The molecule has 31 heavy (non-hydrogen) atoms. The lowest BCUT2D eigenvalue weighted by Gasteiger charge is -2.05. The van der Waals surface area contributed by atoms with Gasteiger partial charge in [-0.3, -0.25) is 14.9 Å². The second kappa shape index (κ2) is 7.22. The van der Waals surface area contributed by atoms with Crippen molar-refractivity contribution in [2.45, 2.75) is 6.92 Å². The molecule has 5 aromatic rings. The van der Waals surface area contributed by atoms with E-state index in [1.54, 1.807) is 37.3 Å². The zero-order valence-corrected chi connectivity index (χ0v) is 17.5. The second-order valence-corrected chi connectivity index (χ2v) is 8.80. The topological polar surface area (TPSA) is 103 Å². The van der Waals surface area contributed by atoms with Crippen molar-refractivity contribution in [3.05, 3.63) is 75.0 Å². The molecule has 0 aliphatic rings. The van der Waals surface area contributed by atoms with Crippen LogP contribution in [0.5, 0.6) is 0 Å². The molecule has 0 radical (unpaired) electrons. The molecule has 1 N–H and O–H groups in total. The highest BCUT2D eigenvalue weighted by Gasteiger charge is 2.18. The van der Waals surface area contributed by atoms with Crippen LogP contribution >= 0.6 is 22.7 Å². The number of non-ortho nitro benzene ring substituents is 1. The lowest BCUT2D eigenvalue weighted by Crippen LogP contribution is -2.13. The minimum Gasteiger partial charge on any atom is -0.306 e. The summed E-state index contributed by atoms with van der Waals surface area (Å²) in [5.41, 5.74) is 0.870. The Labute approximate surface area is 181 Å². The Balaban J connectivity index is 1.49. The molecule has 0 fully saturated rings. The predicted molar refractivity (Wildman–Crippen MR) is 118 cm³/mol. The van der Waals surface area contributed by atoms with Crippen molar-refractivity contribution in [1.29, 1.82) is 0 Å². The minimum atomic E-state index is -0.473. The quantitative estimate of drug-likeness (QED) is 0.294. The number of rotatable bonds is 4. The number of nitrogens with zero attached hydrogens (tertiary/aromatic N) is 4. The number of halogens is 1. The summed E-state index contributed by atoms with van der Waals surface area (Å²) in [5.74, 6) is -0.406. The van der Waals surface area contributed by atoms with Crippen molar-refractivity contribution in [2.75, 3.05) is 5.32 Å². The molecule has 8 nitrogen and oxygen atoms in total. The van der Waals surface area contributed by atoms with E-state index in [1.165, 1.54) is 45.6 Å². The highest BCUT2D eigenvalue weighted by atomic mass is 32.1. The van der Waals surface area contributed by atoms with Crippen LogP contribution in [0.2, 0.25) is 0 Å². The van der Waals surface area contributed by atoms with Crippen LogP contribution in [0.15, 0.2) is 48.5 Å². The SMILES string of the molecule is Cc1cc(NC(=O)c2cc3cc([N+](=O)[O-])ccc3s2)n(-c2nc3c(F)cccc3s2)n1. The molecule has 0 atom stereocenters. The average Bonchev–Trinajstić information content (AvgIpc) is 3.43. The van der Waals surface area contributed by atoms with Gasteiger partial charge in [-0.25, -0.2) is 9.37 Å². The van der Waals surface area contributed by atoms with Gasteiger partial charge in [0.1, 0.15) is 17.2 Å². The van der Waals surface area contributed by atoms with Crippen LogP contribution in [-0.4, -0.2) is 25.6 Å². The van der Waals surface area contributed by atoms with Crippen LogP contribution in [0.4, 0.5) is 15.9 Å². The molecular weight excluding hydrogens is 441 g/mol. The van der Waals surface area contributed by atoms with Crippen molar-refractivity contribution in [2.24, 2.45) is 0 Å². The number of aryl methyl sites for hydroxylation is 1. The molecule has 0 aliphatic heterocycles. The molecule has 0 aliphatic carbocycles. The van der Waals surface area contributed by atoms with E-state index in [2.05, 4.69) is 15.4 Å². The lowest BCUT2D eigenvalue weighted by molar-refractivity contribution is -0.384. The molecule has 0 saturated carbocycles. The monoisotopic (exact) mass is 453 g/mol. The van der Waals surface area contributed by atoms with E-state index in [1.807, 2.05) is 0 Å². The van der Waals surface area contributed by atoms with Gasteiger partial charge >= 0.3 is 0 Å². The Kier molecular flexibility index (Phi) is 4.49. The number of nitro benzene ring substituents is 1. The van der Waals surface area contributed by atoms with Gasteiger partial charge in [-0.05, 0) is 31.2 Å². The van der Waals surface area contributed by atoms with Crippen LogP contribution in [0.1, 0.15) is 15.4 Å². The summed E-state index contributed by atoms with van der Waals surface area (Å²) in [5, 5.41) is 19.2. The Morgan fingerprint density at radius 2 is 2.00 bits per heavy atom. The maximum absolute atomic E-state index is 14.0. The first-order valence-electron chi connectivity index (χ1n) is 9.00. The molecule has 0 unspecified atom stereocenters. The van der Waals surface area contributed by atoms with Crippen LogP contribution in [0, 0.1) is 22.9 Å². The normalized spacial score (nSPS) is 11.3. The fraction of sp³-hybridized carbons (Fsp3) is 0.0500. The number of hydrogen-bond donors (Lipinski definition) is 1. The van der Waals surface area contributed by atoms with Gasteiger partial charge in [-0.2, -0.15) is 9.78 Å². The minimum absolute atomic E-state index is 0.0333. The Morgan fingerprint density at radius 3 is 2.77 bits per heavy atom. The number of nitrogens with one attached hydrogen (secondary N) is 1. The van der Waals surface area contributed by atoms with Gasteiger partial charge in [-0.1, -0.05) is 17.4 Å². The third-order valence-electron chi connectivity index (χ3n) is 4.55. The zero-order chi connectivity index (χ0) is 21.7. The van der Waals surface area contributed by atoms with Gasteiger partial charge in [0.05, 0.1) is 20.2 Å². The largest absolute Gasteiger partial charge is 0.306 e. The first-order valence-corrected chi connectivity index (χ1v) is 10.6. The number of amides is 1. The number of thiophene rings is 1. The molecule has 1 amide bonds. The van der Waals surface area contributed by atoms with E-state index in [0.29, 0.717) is 31.6 Å². The lowest BCUT2D eigenvalue weighted by atomic mass is 10.2. The summed E-state index contributed by atoms with van der Waals surface area (Å²) in [6.45, 7) is 1.78. The third-order valence-corrected chi connectivity index (χ3v) is 6.66. The standard InChI is InChI=1S/C20H12FN5O3S2/c1-10-7-17(25(24-10)20-23-18-13(21)3-2-4-15(18)31-20)22-19(27)16-9-11-8-12(26(28)29)5-6-14(11)30-16/h2-9H,1H3,(H,22,27). The van der Waals surface area contributed by atoms with E-state index in [0.717, 1.165) is 4.70 Å². The summed E-state index contributed by atoms with van der Waals surface area (Å²) in [4.78, 5) is 28.1. The van der Waals surface area contributed by atoms with E-state index in [-0.39, 0.29) is 17.1 Å². The van der Waals surface area contributed by atoms with E-state index >= 15 is 0 Å². The number of benzene rings is 2. The number of fused-ring (bicyclic) bond motifs is 2. The number of carbonyl (C=O) groups excluding carboxylic acids is 1. The summed E-state index contributed by atoms with van der Waals surface area (Å²) in [6, 6.07) is 12.5. The second-order valence-electron chi connectivity index (χ2n) is 6.71. The maximum atomic E-state index is 14.0. The molecule has 3 aromatic heterocycles. The van der Waals surface area contributed by atoms with Crippen molar-refractivity contribution < 1.29 is 14.1 Å². The number of hydrogen-bond acceptors (Lipinski definition) is 7. The van der Waals surface area contributed by atoms with Gasteiger partial charge in [0, 0.05) is 28.3 Å². The van der Waals surface area contributed by atoms with Crippen LogP contribution in [0.3, 0.4) is 0 Å². The molecule has 5 rings (SSSR count). The predicted octanol–water partition coefficient (Wildman–Crippen LogP) is 5.30.